The SMILES string of the molecule is CC1(C)[C@H]2CC[C@@H](CBr)[C@@H]1C2. The molecule has 0 nitrogen and oxygen atoms in total. The smallest absolute Gasteiger partial charge is 0.00625 e. The minimum atomic E-state index is 0.677. The number of fused-ring (bicyclic) bond motifs is 2. The monoisotopic (exact) mass is 216 g/mol. The van der Waals surface area contributed by atoms with E-state index in [9.17, 15) is 0 Å². The first kappa shape index (κ1) is 8.10. The molecular weight excluding hydrogens is 200 g/mol. The molecule has 0 unspecified atom stereocenters. The van der Waals surface area contributed by atoms with E-state index in [1.165, 1.54) is 24.6 Å². The maximum Gasteiger partial charge on any atom is 0.00625 e. The first-order valence-corrected chi connectivity index (χ1v) is 5.84. The molecule has 0 aromatic carbocycles. The molecule has 0 spiro atoms. The Labute approximate surface area is 77.9 Å². The Bertz CT molecular complexity index is 160. The maximum absolute atomic E-state index is 3.63. The van der Waals surface area contributed by atoms with Crippen LogP contribution in [0.2, 0.25) is 0 Å². The van der Waals surface area contributed by atoms with E-state index in [2.05, 4.69) is 29.8 Å². The highest BCUT2D eigenvalue weighted by atomic mass is 79.9. The van der Waals surface area contributed by atoms with Crippen molar-refractivity contribution in [2.45, 2.75) is 33.1 Å². The molecule has 3 fully saturated rings. The first-order chi connectivity index (χ1) is 5.16. The summed E-state index contributed by atoms with van der Waals surface area (Å²) in [7, 11) is 0. The summed E-state index contributed by atoms with van der Waals surface area (Å²) in [5.41, 5.74) is 0.677. The summed E-state index contributed by atoms with van der Waals surface area (Å²) in [6, 6.07) is 0. The van der Waals surface area contributed by atoms with Gasteiger partial charge in [-0.2, -0.15) is 0 Å². The van der Waals surface area contributed by atoms with Gasteiger partial charge >= 0.3 is 0 Å². The van der Waals surface area contributed by atoms with Gasteiger partial charge in [0, 0.05) is 5.33 Å². The molecule has 0 heterocycles. The van der Waals surface area contributed by atoms with Gasteiger partial charge in [-0.15, -0.1) is 0 Å². The van der Waals surface area contributed by atoms with Crippen LogP contribution >= 0.6 is 15.9 Å². The van der Waals surface area contributed by atoms with Gasteiger partial charge < -0.3 is 0 Å². The minimum Gasteiger partial charge on any atom is -0.0925 e. The molecule has 2 bridgehead atoms. The lowest BCUT2D eigenvalue weighted by molar-refractivity contribution is -0.0970. The highest BCUT2D eigenvalue weighted by Gasteiger charge is 2.53. The molecule has 0 aromatic rings. The second kappa shape index (κ2) is 2.48. The first-order valence-electron chi connectivity index (χ1n) is 4.72. The number of hydrogen-bond acceptors (Lipinski definition) is 0. The fourth-order valence-corrected chi connectivity index (χ4v) is 3.92. The van der Waals surface area contributed by atoms with E-state index >= 15 is 0 Å². The summed E-state index contributed by atoms with van der Waals surface area (Å²) in [6.07, 6.45) is 4.48. The molecule has 3 aliphatic rings. The molecule has 3 rings (SSSR count). The van der Waals surface area contributed by atoms with Gasteiger partial charge in [-0.05, 0) is 42.4 Å². The average Bonchev–Trinajstić information content (AvgIpc) is 2.04. The summed E-state index contributed by atoms with van der Waals surface area (Å²) in [6.45, 7) is 4.92. The van der Waals surface area contributed by atoms with Gasteiger partial charge in [0.1, 0.15) is 0 Å². The topological polar surface area (TPSA) is 0 Å². The number of alkyl halides is 1. The van der Waals surface area contributed by atoms with Gasteiger partial charge in [-0.3, -0.25) is 0 Å². The molecule has 3 atom stereocenters. The summed E-state index contributed by atoms with van der Waals surface area (Å²) >= 11 is 3.63. The van der Waals surface area contributed by atoms with Crippen LogP contribution < -0.4 is 0 Å². The number of halogens is 1. The third-order valence-electron chi connectivity index (χ3n) is 4.20. The van der Waals surface area contributed by atoms with Crippen molar-refractivity contribution in [1.82, 2.24) is 0 Å². The largest absolute Gasteiger partial charge is 0.0925 e. The average molecular weight is 217 g/mol. The standard InChI is InChI=1S/C10H17Br/c1-10(2)8-4-3-7(6-11)9(10)5-8/h7-9H,3-6H2,1-2H3/t7-,8-,9-/m0/s1. The van der Waals surface area contributed by atoms with Crippen molar-refractivity contribution >= 4 is 15.9 Å². The van der Waals surface area contributed by atoms with Crippen LogP contribution in [-0.2, 0) is 0 Å². The lowest BCUT2D eigenvalue weighted by atomic mass is 9.46. The molecule has 0 aromatic heterocycles. The summed E-state index contributed by atoms with van der Waals surface area (Å²) in [5, 5.41) is 1.23. The molecule has 11 heavy (non-hydrogen) atoms. The normalized spacial score (nSPS) is 46.6. The lowest BCUT2D eigenvalue weighted by Gasteiger charge is -2.60. The van der Waals surface area contributed by atoms with E-state index in [0.29, 0.717) is 5.41 Å². The second-order valence-electron chi connectivity index (χ2n) is 4.85. The third-order valence-corrected chi connectivity index (χ3v) is 5.03. The Kier molecular flexibility index (Phi) is 1.83. The van der Waals surface area contributed by atoms with E-state index in [4.69, 9.17) is 0 Å². The van der Waals surface area contributed by atoms with Crippen LogP contribution in [0.1, 0.15) is 33.1 Å². The minimum absolute atomic E-state index is 0.677. The van der Waals surface area contributed by atoms with Crippen molar-refractivity contribution < 1.29 is 0 Å². The lowest BCUT2D eigenvalue weighted by Crippen LogP contribution is -2.52. The quantitative estimate of drug-likeness (QED) is 0.590. The van der Waals surface area contributed by atoms with E-state index in [-0.39, 0.29) is 0 Å². The van der Waals surface area contributed by atoms with Crippen LogP contribution in [0.25, 0.3) is 0 Å². The Morgan fingerprint density at radius 1 is 1.36 bits per heavy atom. The van der Waals surface area contributed by atoms with Crippen LogP contribution in [0.3, 0.4) is 0 Å². The molecule has 0 radical (unpaired) electrons. The predicted octanol–water partition coefficient (Wildman–Crippen LogP) is 3.45. The summed E-state index contributed by atoms with van der Waals surface area (Å²) < 4.78 is 0. The van der Waals surface area contributed by atoms with Gasteiger partial charge in [0.2, 0.25) is 0 Å². The number of rotatable bonds is 1. The van der Waals surface area contributed by atoms with Crippen molar-refractivity contribution in [2.75, 3.05) is 5.33 Å². The molecule has 64 valence electrons. The van der Waals surface area contributed by atoms with Crippen molar-refractivity contribution in [1.29, 1.82) is 0 Å². The van der Waals surface area contributed by atoms with E-state index in [0.717, 1.165) is 17.8 Å². The maximum atomic E-state index is 3.63. The molecule has 0 aliphatic heterocycles. The Morgan fingerprint density at radius 2 is 2.09 bits per heavy atom. The van der Waals surface area contributed by atoms with E-state index in [1.54, 1.807) is 0 Å². The molecule has 0 amide bonds. The zero-order valence-electron chi connectivity index (χ0n) is 7.44. The van der Waals surface area contributed by atoms with Gasteiger partial charge in [-0.25, -0.2) is 0 Å². The van der Waals surface area contributed by atoms with Crippen LogP contribution in [0, 0.1) is 23.2 Å². The van der Waals surface area contributed by atoms with Crippen molar-refractivity contribution in [3.63, 3.8) is 0 Å². The van der Waals surface area contributed by atoms with Crippen LogP contribution in [0.15, 0.2) is 0 Å². The van der Waals surface area contributed by atoms with Crippen LogP contribution in [0.5, 0.6) is 0 Å². The molecule has 0 saturated heterocycles. The van der Waals surface area contributed by atoms with Crippen LogP contribution in [-0.4, -0.2) is 5.33 Å². The Balaban J connectivity index is 2.10. The van der Waals surface area contributed by atoms with Crippen molar-refractivity contribution in [2.24, 2.45) is 23.2 Å². The summed E-state index contributed by atoms with van der Waals surface area (Å²) in [4.78, 5) is 0. The highest BCUT2D eigenvalue weighted by Crippen LogP contribution is 2.61. The molecule has 0 N–H and O–H groups in total. The molecule has 1 heteroatoms. The fraction of sp³-hybridized carbons (Fsp3) is 1.00. The zero-order valence-corrected chi connectivity index (χ0v) is 9.02. The van der Waals surface area contributed by atoms with Gasteiger partial charge in [0.25, 0.3) is 0 Å². The fourth-order valence-electron chi connectivity index (χ4n) is 3.15. The Morgan fingerprint density at radius 3 is 2.45 bits per heavy atom. The predicted molar refractivity (Wildman–Crippen MR) is 51.9 cm³/mol. The van der Waals surface area contributed by atoms with Gasteiger partial charge in [0.05, 0.1) is 0 Å². The van der Waals surface area contributed by atoms with Crippen molar-refractivity contribution in [3.8, 4) is 0 Å². The number of hydrogen-bond donors (Lipinski definition) is 0. The van der Waals surface area contributed by atoms with E-state index in [1.807, 2.05) is 0 Å². The zero-order chi connectivity index (χ0) is 8.06. The molecule has 3 aliphatic carbocycles. The van der Waals surface area contributed by atoms with E-state index < -0.39 is 0 Å². The summed E-state index contributed by atoms with van der Waals surface area (Å²) in [5.74, 6) is 3.07. The highest BCUT2D eigenvalue weighted by molar-refractivity contribution is 9.09. The molecule has 3 saturated carbocycles. The van der Waals surface area contributed by atoms with Crippen LogP contribution in [0.4, 0.5) is 0 Å². The van der Waals surface area contributed by atoms with Crippen molar-refractivity contribution in [3.05, 3.63) is 0 Å². The molecular formula is C10H17Br. The van der Waals surface area contributed by atoms with Gasteiger partial charge in [-0.1, -0.05) is 29.8 Å². The second-order valence-corrected chi connectivity index (χ2v) is 5.50. The third kappa shape index (κ3) is 0.998. The Hall–Kier alpha value is 0.480. The van der Waals surface area contributed by atoms with Gasteiger partial charge in [0.15, 0.2) is 0 Å².